The highest BCUT2D eigenvalue weighted by Gasteiger charge is 2.37. The number of amides is 1. The molecular weight excluding hydrogens is 478 g/mol. The molecule has 2 aliphatic rings. The number of hydrogen-bond donors (Lipinski definition) is 1. The zero-order valence-electron chi connectivity index (χ0n) is 20.7. The topological polar surface area (TPSA) is 76.1 Å². The number of hydrogen-bond acceptors (Lipinski definition) is 4. The van der Waals surface area contributed by atoms with Gasteiger partial charge in [0, 0.05) is 12.3 Å². The van der Waals surface area contributed by atoms with Crippen molar-refractivity contribution in [2.75, 3.05) is 6.61 Å². The van der Waals surface area contributed by atoms with Gasteiger partial charge in [0.1, 0.15) is 25.0 Å². The average molecular weight is 506 g/mol. The molecule has 0 radical (unpaired) electrons. The summed E-state index contributed by atoms with van der Waals surface area (Å²) >= 11 is 0. The molecule has 38 heavy (non-hydrogen) atoms. The van der Waals surface area contributed by atoms with Gasteiger partial charge in [0.25, 0.3) is 0 Å². The molecule has 6 rings (SSSR count). The smallest absolute Gasteiger partial charge is 0.410 e. The van der Waals surface area contributed by atoms with E-state index in [1.165, 1.54) is 4.90 Å². The Balaban J connectivity index is 1.19. The number of aliphatic carboxylic acids is 1. The number of nitrogens with zero attached hydrogens (tertiary/aromatic N) is 1. The lowest BCUT2D eigenvalue weighted by atomic mass is 9.94. The zero-order valence-corrected chi connectivity index (χ0v) is 20.7. The van der Waals surface area contributed by atoms with Gasteiger partial charge in [-0.1, -0.05) is 84.9 Å². The lowest BCUT2D eigenvalue weighted by Crippen LogP contribution is -2.49. The highest BCUT2D eigenvalue weighted by molar-refractivity contribution is 5.82. The van der Waals surface area contributed by atoms with Crippen LogP contribution in [0.15, 0.2) is 97.1 Å². The van der Waals surface area contributed by atoms with Crippen LogP contribution in [0.5, 0.6) is 5.75 Å². The molecule has 0 saturated carbocycles. The third-order valence-corrected chi connectivity index (χ3v) is 7.41. The number of carboxylic acid groups (broad SMARTS) is 1. The molecule has 1 N–H and O–H groups in total. The van der Waals surface area contributed by atoms with Crippen LogP contribution < -0.4 is 4.74 Å². The van der Waals surface area contributed by atoms with Gasteiger partial charge in [-0.15, -0.1) is 0 Å². The highest BCUT2D eigenvalue weighted by atomic mass is 16.6. The Kier molecular flexibility index (Phi) is 6.30. The van der Waals surface area contributed by atoms with Crippen molar-refractivity contribution in [2.24, 2.45) is 0 Å². The summed E-state index contributed by atoms with van der Waals surface area (Å²) in [6.45, 7) is 0.710. The Labute approximate surface area is 221 Å². The van der Waals surface area contributed by atoms with Gasteiger partial charge >= 0.3 is 12.1 Å². The predicted octanol–water partition coefficient (Wildman–Crippen LogP) is 6.03. The third kappa shape index (κ3) is 4.50. The van der Waals surface area contributed by atoms with Crippen molar-refractivity contribution in [2.45, 2.75) is 31.5 Å². The highest BCUT2D eigenvalue weighted by Crippen LogP contribution is 2.44. The van der Waals surface area contributed by atoms with Crippen LogP contribution in [0.2, 0.25) is 0 Å². The molecule has 0 spiro atoms. The van der Waals surface area contributed by atoms with Crippen molar-refractivity contribution in [3.8, 4) is 16.9 Å². The molecule has 0 bridgehead atoms. The first-order chi connectivity index (χ1) is 18.6. The van der Waals surface area contributed by atoms with Gasteiger partial charge in [-0.05, 0) is 51.1 Å². The summed E-state index contributed by atoms with van der Waals surface area (Å²) in [4.78, 5) is 26.7. The van der Waals surface area contributed by atoms with Gasteiger partial charge in [-0.3, -0.25) is 4.90 Å². The van der Waals surface area contributed by atoms with Gasteiger partial charge in [0.2, 0.25) is 0 Å². The van der Waals surface area contributed by atoms with Gasteiger partial charge in [0.15, 0.2) is 0 Å². The number of carboxylic acids is 1. The molecule has 0 unspecified atom stereocenters. The van der Waals surface area contributed by atoms with E-state index < -0.39 is 18.1 Å². The molecule has 1 amide bonds. The minimum Gasteiger partial charge on any atom is -0.489 e. The summed E-state index contributed by atoms with van der Waals surface area (Å²) in [5, 5.41) is 9.91. The van der Waals surface area contributed by atoms with Gasteiger partial charge in [-0.2, -0.15) is 0 Å². The first-order valence-electron chi connectivity index (χ1n) is 12.7. The molecular formula is C32H27NO5. The zero-order chi connectivity index (χ0) is 26.1. The molecule has 6 heteroatoms. The first kappa shape index (κ1) is 23.8. The molecule has 0 aromatic heterocycles. The van der Waals surface area contributed by atoms with Crippen LogP contribution in [0, 0.1) is 0 Å². The summed E-state index contributed by atoms with van der Waals surface area (Å²) < 4.78 is 11.8. The maximum Gasteiger partial charge on any atom is 0.410 e. The van der Waals surface area contributed by atoms with Crippen molar-refractivity contribution >= 4 is 12.1 Å². The van der Waals surface area contributed by atoms with Crippen LogP contribution in [-0.4, -0.2) is 34.7 Å². The Bertz CT molecular complexity index is 1450. The monoisotopic (exact) mass is 505 g/mol. The van der Waals surface area contributed by atoms with Crippen LogP contribution in [0.4, 0.5) is 4.79 Å². The van der Waals surface area contributed by atoms with E-state index in [-0.39, 0.29) is 25.5 Å². The van der Waals surface area contributed by atoms with E-state index in [1.807, 2.05) is 72.8 Å². The van der Waals surface area contributed by atoms with E-state index in [0.29, 0.717) is 12.4 Å². The number of fused-ring (bicyclic) bond motifs is 4. The number of ether oxygens (including phenoxy) is 2. The molecule has 0 fully saturated rings. The van der Waals surface area contributed by atoms with Gasteiger partial charge < -0.3 is 14.6 Å². The van der Waals surface area contributed by atoms with Crippen LogP contribution in [0.1, 0.15) is 33.7 Å². The SMILES string of the molecule is O=C(O)[C@@H]1Cc2ccc(OCc3ccccc3)cc2CN1C(=O)OCC1c2ccccc2-c2ccccc21. The van der Waals surface area contributed by atoms with Crippen molar-refractivity contribution in [3.05, 3.63) is 125 Å². The summed E-state index contributed by atoms with van der Waals surface area (Å²) in [5.41, 5.74) is 7.32. The standard InChI is InChI=1S/C32H27NO5/c34-31(35)30-17-22-14-15-24(37-19-21-8-2-1-3-9-21)16-23(22)18-33(30)32(36)38-20-29-27-12-6-4-10-25(27)26-11-5-7-13-28(26)29/h1-16,29-30H,17-20H2,(H,34,35)/t30-/m0/s1. The Hall–Kier alpha value is -4.58. The van der Waals surface area contributed by atoms with E-state index in [9.17, 15) is 14.7 Å². The average Bonchev–Trinajstić information content (AvgIpc) is 3.28. The molecule has 4 aromatic rings. The molecule has 4 aromatic carbocycles. The van der Waals surface area contributed by atoms with Crippen LogP contribution in [0.25, 0.3) is 11.1 Å². The second kappa shape index (κ2) is 10.1. The molecule has 1 aliphatic carbocycles. The minimum atomic E-state index is -1.05. The Morgan fingerprint density at radius 2 is 1.47 bits per heavy atom. The van der Waals surface area contributed by atoms with E-state index in [0.717, 1.165) is 38.9 Å². The lowest BCUT2D eigenvalue weighted by Gasteiger charge is -2.34. The fourth-order valence-electron chi connectivity index (χ4n) is 5.48. The van der Waals surface area contributed by atoms with E-state index in [2.05, 4.69) is 24.3 Å². The van der Waals surface area contributed by atoms with E-state index in [1.54, 1.807) is 0 Å². The molecule has 6 nitrogen and oxygen atoms in total. The summed E-state index contributed by atoms with van der Waals surface area (Å²) in [6.07, 6.45) is -0.408. The Morgan fingerprint density at radius 3 is 2.16 bits per heavy atom. The fraction of sp³-hybridized carbons (Fsp3) is 0.188. The first-order valence-corrected chi connectivity index (χ1v) is 12.7. The number of benzene rings is 4. The number of carbonyl (C=O) groups excluding carboxylic acids is 1. The quantitative estimate of drug-likeness (QED) is 0.347. The maximum atomic E-state index is 13.3. The third-order valence-electron chi connectivity index (χ3n) is 7.41. The van der Waals surface area contributed by atoms with Crippen LogP contribution in [0.3, 0.4) is 0 Å². The lowest BCUT2D eigenvalue weighted by molar-refractivity contribution is -0.143. The van der Waals surface area contributed by atoms with Crippen LogP contribution >= 0.6 is 0 Å². The van der Waals surface area contributed by atoms with Gasteiger partial charge in [0.05, 0.1) is 6.54 Å². The second-order valence-electron chi connectivity index (χ2n) is 9.69. The fourth-order valence-corrected chi connectivity index (χ4v) is 5.48. The van der Waals surface area contributed by atoms with Crippen LogP contribution in [-0.2, 0) is 29.1 Å². The number of rotatable bonds is 6. The van der Waals surface area contributed by atoms with E-state index in [4.69, 9.17) is 9.47 Å². The Morgan fingerprint density at radius 1 is 0.816 bits per heavy atom. The molecule has 190 valence electrons. The number of carbonyl (C=O) groups is 2. The van der Waals surface area contributed by atoms with Crippen molar-refractivity contribution < 1.29 is 24.2 Å². The van der Waals surface area contributed by atoms with Gasteiger partial charge in [-0.25, -0.2) is 9.59 Å². The molecule has 1 atom stereocenters. The summed E-state index contributed by atoms with van der Waals surface area (Å²) in [7, 11) is 0. The van der Waals surface area contributed by atoms with Crippen molar-refractivity contribution in [3.63, 3.8) is 0 Å². The van der Waals surface area contributed by atoms with Crippen molar-refractivity contribution in [1.29, 1.82) is 0 Å². The van der Waals surface area contributed by atoms with Crippen molar-refractivity contribution in [1.82, 2.24) is 4.90 Å². The normalized spacial score (nSPS) is 15.8. The predicted molar refractivity (Wildman–Crippen MR) is 143 cm³/mol. The van der Waals surface area contributed by atoms with E-state index >= 15 is 0 Å². The minimum absolute atomic E-state index is 0.0929. The molecule has 0 saturated heterocycles. The maximum absolute atomic E-state index is 13.3. The summed E-state index contributed by atoms with van der Waals surface area (Å²) in [6, 6.07) is 30.8. The summed E-state index contributed by atoms with van der Waals surface area (Å²) in [5.74, 6) is -0.466. The largest absolute Gasteiger partial charge is 0.489 e. The molecule has 1 heterocycles. The molecule has 1 aliphatic heterocycles. The second-order valence-corrected chi connectivity index (χ2v) is 9.69.